The van der Waals surface area contributed by atoms with Crippen molar-refractivity contribution in [3.8, 4) is 23.0 Å². The number of carbonyl (C=O) groups excluding carboxylic acids is 4. The van der Waals surface area contributed by atoms with Crippen molar-refractivity contribution in [2.75, 3.05) is 0 Å². The molecule has 0 spiro atoms. The molecule has 0 bridgehead atoms. The second kappa shape index (κ2) is 12.8. The number of imide groups is 2. The van der Waals surface area contributed by atoms with Crippen LogP contribution in [0.25, 0.3) is 0 Å². The average Bonchev–Trinajstić information content (AvgIpc) is 3.56. The highest BCUT2D eigenvalue weighted by atomic mass is 19.2. The highest BCUT2D eigenvalue weighted by Crippen LogP contribution is 2.46. The summed E-state index contributed by atoms with van der Waals surface area (Å²) in [5.41, 5.74) is -5.42. The predicted octanol–water partition coefficient (Wildman–Crippen LogP) is 8.52. The Bertz CT molecular complexity index is 1950. The minimum absolute atomic E-state index is 0.267. The Morgan fingerprint density at radius 2 is 0.577 bits per heavy atom. The Hall–Kier alpha value is -5.16. The maximum absolute atomic E-state index is 15.6. The van der Waals surface area contributed by atoms with Crippen LogP contribution in [0.3, 0.4) is 0 Å². The number of carbonyl (C=O) groups is 4. The molecule has 52 heavy (non-hydrogen) atoms. The summed E-state index contributed by atoms with van der Waals surface area (Å²) in [7, 11) is 0. The molecular formula is C34H22F10N2O6. The predicted molar refractivity (Wildman–Crippen MR) is 154 cm³/mol. The lowest BCUT2D eigenvalue weighted by atomic mass is 9.94. The van der Waals surface area contributed by atoms with E-state index in [0.29, 0.717) is 35.5 Å². The van der Waals surface area contributed by atoms with Gasteiger partial charge in [-0.3, -0.25) is 29.0 Å². The molecule has 0 N–H and O–H groups in total. The fourth-order valence-electron chi connectivity index (χ4n) is 7.24. The van der Waals surface area contributed by atoms with Crippen LogP contribution in [-0.4, -0.2) is 45.5 Å². The van der Waals surface area contributed by atoms with Crippen molar-refractivity contribution >= 4 is 23.6 Å². The number of amides is 4. The molecule has 2 saturated carbocycles. The molecule has 0 atom stereocenters. The van der Waals surface area contributed by atoms with Crippen LogP contribution in [0.4, 0.5) is 43.9 Å². The van der Waals surface area contributed by atoms with Gasteiger partial charge in [-0.1, -0.05) is 38.5 Å². The number of nitrogens with zero attached hydrogens (tertiary/aromatic N) is 2. The first-order valence-corrected chi connectivity index (χ1v) is 16.1. The number of ether oxygens (including phenoxy) is 2. The molecule has 4 aliphatic rings. The molecular weight excluding hydrogens is 722 g/mol. The van der Waals surface area contributed by atoms with Gasteiger partial charge in [0.1, 0.15) is 0 Å². The van der Waals surface area contributed by atoms with Crippen molar-refractivity contribution in [3.63, 3.8) is 0 Å². The molecule has 2 aliphatic carbocycles. The third-order valence-electron chi connectivity index (χ3n) is 9.76. The minimum atomic E-state index is -2.68. The molecule has 0 saturated heterocycles. The first kappa shape index (κ1) is 35.3. The zero-order chi connectivity index (χ0) is 37.5. The summed E-state index contributed by atoms with van der Waals surface area (Å²) in [6.45, 7) is 0. The van der Waals surface area contributed by atoms with Crippen molar-refractivity contribution in [2.45, 2.75) is 76.3 Å². The van der Waals surface area contributed by atoms with Gasteiger partial charge in [-0.05, 0) is 25.7 Å². The first-order valence-electron chi connectivity index (χ1n) is 16.1. The third-order valence-corrected chi connectivity index (χ3v) is 9.76. The molecule has 7 rings (SSSR count). The van der Waals surface area contributed by atoms with Gasteiger partial charge < -0.3 is 9.47 Å². The van der Waals surface area contributed by atoms with E-state index in [2.05, 4.69) is 9.47 Å². The van der Waals surface area contributed by atoms with Crippen LogP contribution < -0.4 is 9.47 Å². The molecule has 18 heteroatoms. The number of fused-ring (bicyclic) bond motifs is 2. The number of benzene rings is 3. The van der Waals surface area contributed by atoms with Crippen LogP contribution in [-0.2, 0) is 0 Å². The molecule has 3 aromatic carbocycles. The SMILES string of the molecule is O=C1c2c(F)c(F)c(Oc3c(F)c(F)c(Oc4c(F)c(F)c5c(c4F)C(=O)N(C4CCCCC4)C5=O)c(F)c3F)c(F)c2C(=O)N1C1CCCCC1. The lowest BCUT2D eigenvalue weighted by Crippen LogP contribution is -2.41. The maximum Gasteiger partial charge on any atom is 0.265 e. The Morgan fingerprint density at radius 1 is 0.346 bits per heavy atom. The summed E-state index contributed by atoms with van der Waals surface area (Å²) in [5.74, 6) is -38.6. The average molecular weight is 745 g/mol. The van der Waals surface area contributed by atoms with Gasteiger partial charge in [0, 0.05) is 12.1 Å². The van der Waals surface area contributed by atoms with Gasteiger partial charge in [0.25, 0.3) is 23.6 Å². The fraction of sp³-hybridized carbons (Fsp3) is 0.353. The van der Waals surface area contributed by atoms with E-state index in [4.69, 9.17) is 0 Å². The zero-order valence-corrected chi connectivity index (χ0v) is 26.3. The van der Waals surface area contributed by atoms with Crippen molar-refractivity contribution in [1.29, 1.82) is 0 Å². The number of halogens is 10. The lowest BCUT2D eigenvalue weighted by molar-refractivity contribution is 0.0530. The van der Waals surface area contributed by atoms with Gasteiger partial charge in [0.15, 0.2) is 23.3 Å². The number of hydrogen-bond donors (Lipinski definition) is 0. The molecule has 0 aromatic heterocycles. The quantitative estimate of drug-likeness (QED) is 0.143. The standard InChI is InChI=1S/C34H22F10N2O6/c35-17-13-15(33(49)45(31(13)47)11-7-3-1-4-8-11)19(37)27(21(17)39)51-29-23(41)25(43)30(26(44)24(29)42)52-28-20(38)16-14(18(36)22(28)40)32(48)46(34(16)50)12-9-5-2-6-10-12/h11-12H,1-10H2. The summed E-state index contributed by atoms with van der Waals surface area (Å²) >= 11 is 0. The second-order valence-corrected chi connectivity index (χ2v) is 12.7. The molecule has 2 fully saturated rings. The Morgan fingerprint density at radius 3 is 0.865 bits per heavy atom. The summed E-state index contributed by atoms with van der Waals surface area (Å²) in [6, 6.07) is -1.61. The van der Waals surface area contributed by atoms with E-state index in [-0.39, 0.29) is 25.7 Å². The second-order valence-electron chi connectivity index (χ2n) is 12.7. The Balaban J connectivity index is 1.25. The van der Waals surface area contributed by atoms with Crippen LogP contribution in [0.1, 0.15) is 106 Å². The summed E-state index contributed by atoms with van der Waals surface area (Å²) in [5, 5.41) is 0. The van der Waals surface area contributed by atoms with E-state index < -0.39 is 139 Å². The van der Waals surface area contributed by atoms with E-state index in [1.54, 1.807) is 0 Å². The first-order chi connectivity index (χ1) is 24.7. The zero-order valence-electron chi connectivity index (χ0n) is 26.3. The number of rotatable bonds is 6. The van der Waals surface area contributed by atoms with E-state index in [1.165, 1.54) is 0 Å². The molecule has 3 aromatic rings. The highest BCUT2D eigenvalue weighted by molar-refractivity contribution is 6.23. The number of hydrogen-bond acceptors (Lipinski definition) is 6. The molecule has 0 radical (unpaired) electrons. The van der Waals surface area contributed by atoms with Crippen molar-refractivity contribution in [1.82, 2.24) is 9.80 Å². The van der Waals surface area contributed by atoms with E-state index >= 15 is 43.9 Å². The Labute approximate surface area is 285 Å². The van der Waals surface area contributed by atoms with Gasteiger partial charge in [0.05, 0.1) is 22.3 Å². The lowest BCUT2D eigenvalue weighted by Gasteiger charge is -2.29. The van der Waals surface area contributed by atoms with Crippen LogP contribution in [0.2, 0.25) is 0 Å². The largest absolute Gasteiger partial charge is 0.445 e. The minimum Gasteiger partial charge on any atom is -0.445 e. The van der Waals surface area contributed by atoms with Gasteiger partial charge >= 0.3 is 0 Å². The van der Waals surface area contributed by atoms with Crippen molar-refractivity contribution in [2.24, 2.45) is 0 Å². The van der Waals surface area contributed by atoms with E-state index in [9.17, 15) is 19.2 Å². The Kier molecular flexibility index (Phi) is 8.68. The summed E-state index contributed by atoms with van der Waals surface area (Å²) < 4.78 is 161. The maximum atomic E-state index is 15.6. The third kappa shape index (κ3) is 5.03. The highest BCUT2D eigenvalue weighted by Gasteiger charge is 2.49. The van der Waals surface area contributed by atoms with Gasteiger partial charge in [-0.15, -0.1) is 0 Å². The van der Waals surface area contributed by atoms with E-state index in [1.807, 2.05) is 0 Å². The van der Waals surface area contributed by atoms with Crippen LogP contribution in [0, 0.1) is 58.2 Å². The molecule has 8 nitrogen and oxygen atoms in total. The summed E-state index contributed by atoms with van der Waals surface area (Å²) in [4.78, 5) is 52.9. The normalized spacial score (nSPS) is 18.1. The molecule has 0 unspecified atom stereocenters. The molecule has 2 aliphatic heterocycles. The van der Waals surface area contributed by atoms with Crippen LogP contribution in [0.5, 0.6) is 23.0 Å². The topological polar surface area (TPSA) is 93.2 Å². The molecule has 2 heterocycles. The van der Waals surface area contributed by atoms with Gasteiger partial charge in [-0.2, -0.15) is 26.3 Å². The van der Waals surface area contributed by atoms with Crippen LogP contribution in [0.15, 0.2) is 0 Å². The van der Waals surface area contributed by atoms with Crippen molar-refractivity contribution in [3.05, 3.63) is 80.4 Å². The fourth-order valence-corrected chi connectivity index (χ4v) is 7.24. The smallest absolute Gasteiger partial charge is 0.265 e. The van der Waals surface area contributed by atoms with E-state index in [0.717, 1.165) is 12.8 Å². The van der Waals surface area contributed by atoms with Crippen molar-refractivity contribution < 1.29 is 72.6 Å². The van der Waals surface area contributed by atoms with Gasteiger partial charge in [-0.25, -0.2) is 17.6 Å². The monoisotopic (exact) mass is 744 g/mol. The van der Waals surface area contributed by atoms with Gasteiger partial charge in [0.2, 0.25) is 57.9 Å². The molecule has 274 valence electrons. The summed E-state index contributed by atoms with van der Waals surface area (Å²) in [6.07, 6.45) is 4.78. The van der Waals surface area contributed by atoms with Crippen LogP contribution >= 0.6 is 0 Å². The molecule has 4 amide bonds.